The van der Waals surface area contributed by atoms with E-state index in [1.54, 1.807) is 6.07 Å². The molecule has 0 unspecified atom stereocenters. The van der Waals surface area contributed by atoms with Crippen molar-refractivity contribution in [3.05, 3.63) is 64.7 Å². The average molecular weight is 327 g/mol. The number of aromatic nitrogens is 3. The Bertz CT molecular complexity index is 821. The number of benzene rings is 2. The molecule has 2 aromatic carbocycles. The van der Waals surface area contributed by atoms with Crippen LogP contribution in [0.4, 0.5) is 0 Å². The summed E-state index contributed by atoms with van der Waals surface area (Å²) >= 11 is 7.40. The van der Waals surface area contributed by atoms with E-state index in [0.717, 1.165) is 11.1 Å². The van der Waals surface area contributed by atoms with Crippen LogP contribution in [-0.2, 0) is 5.75 Å². The first-order valence-electron chi connectivity index (χ1n) is 6.55. The standard InChI is InChI=1S/C16H11ClN4S/c17-14-6-4-13(5-7-14)15-19-16(21-20-15)22-10-12-3-1-2-11(8-12)9-18/h1-8H,10H2,(H,19,20,21). The van der Waals surface area contributed by atoms with Gasteiger partial charge in [-0.05, 0) is 42.0 Å². The van der Waals surface area contributed by atoms with Gasteiger partial charge in [-0.1, -0.05) is 35.5 Å². The van der Waals surface area contributed by atoms with Crippen molar-refractivity contribution in [2.75, 3.05) is 0 Å². The zero-order valence-corrected chi connectivity index (χ0v) is 13.0. The molecule has 0 radical (unpaired) electrons. The van der Waals surface area contributed by atoms with Crippen LogP contribution in [-0.4, -0.2) is 15.2 Å². The molecule has 108 valence electrons. The predicted molar refractivity (Wildman–Crippen MR) is 87.5 cm³/mol. The van der Waals surface area contributed by atoms with Crippen molar-refractivity contribution in [3.63, 3.8) is 0 Å². The molecule has 0 fully saturated rings. The fraction of sp³-hybridized carbons (Fsp3) is 0.0625. The minimum Gasteiger partial charge on any atom is -0.258 e. The highest BCUT2D eigenvalue weighted by atomic mass is 35.5. The monoisotopic (exact) mass is 326 g/mol. The molecule has 0 aliphatic carbocycles. The fourth-order valence-electron chi connectivity index (χ4n) is 1.93. The van der Waals surface area contributed by atoms with Gasteiger partial charge in [0.15, 0.2) is 5.82 Å². The van der Waals surface area contributed by atoms with E-state index in [4.69, 9.17) is 16.9 Å². The maximum Gasteiger partial charge on any atom is 0.209 e. The lowest BCUT2D eigenvalue weighted by Gasteiger charge is -1.98. The minimum atomic E-state index is 0.662. The number of rotatable bonds is 4. The first kappa shape index (κ1) is 14.6. The van der Waals surface area contributed by atoms with Gasteiger partial charge in [0, 0.05) is 16.3 Å². The normalized spacial score (nSPS) is 10.4. The molecule has 0 atom stereocenters. The number of hydrogen-bond acceptors (Lipinski definition) is 4. The molecule has 1 N–H and O–H groups in total. The fourth-order valence-corrected chi connectivity index (χ4v) is 2.79. The van der Waals surface area contributed by atoms with Crippen LogP contribution in [0.2, 0.25) is 5.02 Å². The summed E-state index contributed by atoms with van der Waals surface area (Å²) in [6.07, 6.45) is 0. The van der Waals surface area contributed by atoms with Gasteiger partial charge in [-0.3, -0.25) is 5.10 Å². The molecule has 0 bridgehead atoms. The number of thioether (sulfide) groups is 1. The molecular weight excluding hydrogens is 316 g/mol. The number of aromatic amines is 1. The molecular formula is C16H11ClN4S. The number of nitriles is 1. The molecule has 1 aromatic heterocycles. The Morgan fingerprint density at radius 3 is 2.77 bits per heavy atom. The third-order valence-corrected chi connectivity index (χ3v) is 4.18. The van der Waals surface area contributed by atoms with Crippen LogP contribution >= 0.6 is 23.4 Å². The van der Waals surface area contributed by atoms with Gasteiger partial charge in [0.1, 0.15) is 0 Å². The second kappa shape index (κ2) is 6.65. The summed E-state index contributed by atoms with van der Waals surface area (Å²) in [5.41, 5.74) is 2.67. The lowest BCUT2D eigenvalue weighted by atomic mass is 10.2. The number of nitrogens with zero attached hydrogens (tertiary/aromatic N) is 3. The summed E-state index contributed by atoms with van der Waals surface area (Å²) in [4.78, 5) is 4.46. The van der Waals surface area contributed by atoms with Crippen LogP contribution in [0.15, 0.2) is 53.7 Å². The molecule has 0 saturated heterocycles. The SMILES string of the molecule is N#Cc1cccc(CSc2n[nH]c(-c3ccc(Cl)cc3)n2)c1. The largest absolute Gasteiger partial charge is 0.258 e. The summed E-state index contributed by atoms with van der Waals surface area (Å²) in [7, 11) is 0. The molecule has 0 amide bonds. The number of nitrogens with one attached hydrogen (secondary N) is 1. The Hall–Kier alpha value is -2.29. The van der Waals surface area contributed by atoms with Gasteiger partial charge < -0.3 is 0 Å². The Morgan fingerprint density at radius 2 is 2.00 bits per heavy atom. The molecule has 1 heterocycles. The quantitative estimate of drug-likeness (QED) is 0.726. The van der Waals surface area contributed by atoms with Crippen LogP contribution < -0.4 is 0 Å². The van der Waals surface area contributed by atoms with Crippen LogP contribution in [0.5, 0.6) is 0 Å². The topological polar surface area (TPSA) is 65.4 Å². The lowest BCUT2D eigenvalue weighted by molar-refractivity contribution is 0.973. The Morgan fingerprint density at radius 1 is 1.18 bits per heavy atom. The minimum absolute atomic E-state index is 0.662. The second-order valence-electron chi connectivity index (χ2n) is 4.57. The van der Waals surface area contributed by atoms with Crippen molar-refractivity contribution in [2.24, 2.45) is 0 Å². The van der Waals surface area contributed by atoms with E-state index in [1.165, 1.54) is 11.8 Å². The highest BCUT2D eigenvalue weighted by molar-refractivity contribution is 7.98. The maximum absolute atomic E-state index is 8.90. The van der Waals surface area contributed by atoms with E-state index in [1.807, 2.05) is 42.5 Å². The third-order valence-electron chi connectivity index (χ3n) is 3.01. The zero-order valence-electron chi connectivity index (χ0n) is 11.5. The van der Waals surface area contributed by atoms with Gasteiger partial charge in [-0.15, -0.1) is 5.10 Å². The van der Waals surface area contributed by atoms with E-state index in [-0.39, 0.29) is 0 Å². The summed E-state index contributed by atoms with van der Waals surface area (Å²) in [6, 6.07) is 17.1. The van der Waals surface area contributed by atoms with E-state index in [0.29, 0.717) is 27.3 Å². The van der Waals surface area contributed by atoms with Crippen molar-refractivity contribution >= 4 is 23.4 Å². The predicted octanol–water partition coefficient (Wildman–Crippen LogP) is 4.29. The molecule has 3 rings (SSSR count). The smallest absolute Gasteiger partial charge is 0.209 e. The van der Waals surface area contributed by atoms with Gasteiger partial charge in [0.05, 0.1) is 11.6 Å². The molecule has 0 spiro atoms. The summed E-state index contributed by atoms with van der Waals surface area (Å²) < 4.78 is 0. The highest BCUT2D eigenvalue weighted by Gasteiger charge is 2.06. The van der Waals surface area contributed by atoms with Crippen molar-refractivity contribution in [1.29, 1.82) is 5.26 Å². The summed E-state index contributed by atoms with van der Waals surface area (Å²) in [6.45, 7) is 0. The molecule has 3 aromatic rings. The Kier molecular flexibility index (Phi) is 4.42. The molecule has 0 saturated carbocycles. The van der Waals surface area contributed by atoms with Crippen LogP contribution in [0.1, 0.15) is 11.1 Å². The number of H-pyrrole nitrogens is 1. The van der Waals surface area contributed by atoms with Crippen molar-refractivity contribution in [3.8, 4) is 17.5 Å². The Labute approximate surface area is 137 Å². The first-order valence-corrected chi connectivity index (χ1v) is 7.91. The first-order chi connectivity index (χ1) is 10.7. The average Bonchev–Trinajstić information content (AvgIpc) is 3.03. The molecule has 6 heteroatoms. The van der Waals surface area contributed by atoms with Gasteiger partial charge >= 0.3 is 0 Å². The van der Waals surface area contributed by atoms with Crippen molar-refractivity contribution in [1.82, 2.24) is 15.2 Å². The maximum atomic E-state index is 8.90. The van der Waals surface area contributed by atoms with E-state index >= 15 is 0 Å². The Balaban J connectivity index is 1.69. The summed E-state index contributed by atoms with van der Waals surface area (Å²) in [5.74, 6) is 1.43. The van der Waals surface area contributed by atoms with E-state index in [2.05, 4.69) is 21.3 Å². The molecule has 4 nitrogen and oxygen atoms in total. The van der Waals surface area contributed by atoms with Gasteiger partial charge in [-0.25, -0.2) is 4.98 Å². The zero-order chi connectivity index (χ0) is 15.4. The number of halogens is 1. The van der Waals surface area contributed by atoms with Crippen molar-refractivity contribution < 1.29 is 0 Å². The molecule has 22 heavy (non-hydrogen) atoms. The highest BCUT2D eigenvalue weighted by Crippen LogP contribution is 2.23. The van der Waals surface area contributed by atoms with Crippen LogP contribution in [0.3, 0.4) is 0 Å². The van der Waals surface area contributed by atoms with Crippen molar-refractivity contribution in [2.45, 2.75) is 10.9 Å². The van der Waals surface area contributed by atoms with E-state index < -0.39 is 0 Å². The molecule has 0 aliphatic heterocycles. The van der Waals surface area contributed by atoms with E-state index in [9.17, 15) is 0 Å². The lowest BCUT2D eigenvalue weighted by Crippen LogP contribution is -1.84. The second-order valence-corrected chi connectivity index (χ2v) is 5.95. The van der Waals surface area contributed by atoms with Gasteiger partial charge in [-0.2, -0.15) is 5.26 Å². The van der Waals surface area contributed by atoms with Crippen LogP contribution in [0.25, 0.3) is 11.4 Å². The summed E-state index contributed by atoms with van der Waals surface area (Å²) in [5, 5.41) is 17.4. The third kappa shape index (κ3) is 3.48. The van der Waals surface area contributed by atoms with Crippen LogP contribution in [0, 0.1) is 11.3 Å². The van der Waals surface area contributed by atoms with Gasteiger partial charge in [0.25, 0.3) is 0 Å². The van der Waals surface area contributed by atoms with Gasteiger partial charge in [0.2, 0.25) is 5.16 Å². The molecule has 0 aliphatic rings. The number of hydrogen-bond donors (Lipinski definition) is 1.